The number of rotatable bonds is 2. The Kier molecular flexibility index (Phi) is 3.51. The number of ether oxygens (including phenoxy) is 1. The van der Waals surface area contributed by atoms with Crippen LogP contribution in [-0.2, 0) is 4.79 Å². The van der Waals surface area contributed by atoms with Gasteiger partial charge in [0.25, 0.3) is 11.6 Å². The van der Waals surface area contributed by atoms with Crippen LogP contribution in [0, 0.1) is 22.9 Å². The zero-order valence-corrected chi connectivity index (χ0v) is 13.4. The topological polar surface area (TPSA) is 72.7 Å². The van der Waals surface area contributed by atoms with Gasteiger partial charge in [-0.15, -0.1) is 0 Å². The van der Waals surface area contributed by atoms with Crippen LogP contribution in [-0.4, -0.2) is 16.4 Å². The van der Waals surface area contributed by atoms with Crippen LogP contribution in [0.5, 0.6) is 5.75 Å². The molecule has 2 aromatic rings. The van der Waals surface area contributed by atoms with Gasteiger partial charge in [0.1, 0.15) is 5.82 Å². The van der Waals surface area contributed by atoms with Crippen LogP contribution in [0.3, 0.4) is 0 Å². The first kappa shape index (κ1) is 15.9. The number of carbonyl (C=O) groups is 1. The van der Waals surface area contributed by atoms with Crippen molar-refractivity contribution in [3.8, 4) is 5.75 Å². The average Bonchev–Trinajstić information content (AvgIpc) is 2.50. The third-order valence-corrected chi connectivity index (χ3v) is 3.88. The second-order valence-corrected chi connectivity index (χ2v) is 6.09. The Morgan fingerprint density at radius 1 is 1.21 bits per heavy atom. The van der Waals surface area contributed by atoms with Crippen LogP contribution in [0.25, 0.3) is 0 Å². The molecule has 0 atom stereocenters. The van der Waals surface area contributed by atoms with Crippen LogP contribution in [0.1, 0.15) is 19.4 Å². The SMILES string of the molecule is Cc1cc2c(cc1[N+](=O)[O-])OC(C)(C)C(=O)N2c1ccc(F)cc1. The first-order valence-corrected chi connectivity index (χ1v) is 7.29. The Balaban J connectivity index is 2.23. The molecular formula is C17H15FN2O4. The number of nitro benzene ring substituents is 1. The Morgan fingerprint density at radius 2 is 1.83 bits per heavy atom. The number of amides is 1. The Hall–Kier alpha value is -2.96. The first-order chi connectivity index (χ1) is 11.2. The van der Waals surface area contributed by atoms with Crippen molar-refractivity contribution in [3.63, 3.8) is 0 Å². The summed E-state index contributed by atoms with van der Waals surface area (Å²) < 4.78 is 18.9. The van der Waals surface area contributed by atoms with Gasteiger partial charge in [0.2, 0.25) is 0 Å². The molecule has 1 aliphatic heterocycles. The van der Waals surface area contributed by atoms with Gasteiger partial charge in [-0.05, 0) is 51.1 Å². The van der Waals surface area contributed by atoms with Gasteiger partial charge in [0, 0.05) is 11.3 Å². The highest BCUT2D eigenvalue weighted by molar-refractivity contribution is 6.08. The minimum absolute atomic E-state index is 0.0852. The summed E-state index contributed by atoms with van der Waals surface area (Å²) in [6, 6.07) is 8.32. The summed E-state index contributed by atoms with van der Waals surface area (Å²) in [6.07, 6.45) is 0. The van der Waals surface area contributed by atoms with Crippen LogP contribution in [0.2, 0.25) is 0 Å². The number of nitro groups is 1. The molecule has 1 amide bonds. The Bertz CT molecular complexity index is 846. The lowest BCUT2D eigenvalue weighted by Crippen LogP contribution is -2.50. The van der Waals surface area contributed by atoms with Crippen molar-refractivity contribution in [1.82, 2.24) is 0 Å². The smallest absolute Gasteiger partial charge is 0.276 e. The fourth-order valence-corrected chi connectivity index (χ4v) is 2.66. The summed E-state index contributed by atoms with van der Waals surface area (Å²) >= 11 is 0. The maximum Gasteiger partial charge on any atom is 0.276 e. The summed E-state index contributed by atoms with van der Waals surface area (Å²) in [5.41, 5.74) is -0.0222. The number of nitrogens with zero attached hydrogens (tertiary/aromatic N) is 2. The van der Waals surface area contributed by atoms with Gasteiger partial charge in [0.15, 0.2) is 11.4 Å². The molecule has 0 fully saturated rings. The van der Waals surface area contributed by atoms with Crippen LogP contribution >= 0.6 is 0 Å². The van der Waals surface area contributed by atoms with E-state index in [1.807, 2.05) is 0 Å². The molecule has 7 heteroatoms. The molecule has 0 bridgehead atoms. The lowest BCUT2D eigenvalue weighted by Gasteiger charge is -2.38. The maximum atomic E-state index is 13.2. The zero-order valence-electron chi connectivity index (χ0n) is 13.4. The van der Waals surface area contributed by atoms with E-state index < -0.39 is 16.3 Å². The molecule has 0 unspecified atom stereocenters. The number of carbonyl (C=O) groups excluding carboxylic acids is 1. The van der Waals surface area contributed by atoms with E-state index in [4.69, 9.17) is 4.74 Å². The molecule has 3 rings (SSSR count). The number of hydrogen-bond acceptors (Lipinski definition) is 4. The quantitative estimate of drug-likeness (QED) is 0.619. The van der Waals surface area contributed by atoms with E-state index >= 15 is 0 Å². The van der Waals surface area contributed by atoms with Crippen molar-refractivity contribution in [2.24, 2.45) is 0 Å². The fourth-order valence-electron chi connectivity index (χ4n) is 2.66. The maximum absolute atomic E-state index is 13.2. The number of hydrogen-bond donors (Lipinski definition) is 0. The van der Waals surface area contributed by atoms with Crippen LogP contribution in [0.4, 0.5) is 21.5 Å². The summed E-state index contributed by atoms with van der Waals surface area (Å²) in [6.45, 7) is 4.76. The molecule has 1 aliphatic rings. The van der Waals surface area contributed by atoms with Crippen molar-refractivity contribution >= 4 is 23.0 Å². The Morgan fingerprint density at radius 3 is 2.42 bits per heavy atom. The minimum atomic E-state index is -1.20. The predicted molar refractivity (Wildman–Crippen MR) is 86.1 cm³/mol. The largest absolute Gasteiger partial charge is 0.476 e. The molecule has 1 heterocycles. The average molecular weight is 330 g/mol. The molecule has 0 spiro atoms. The molecule has 0 N–H and O–H groups in total. The highest BCUT2D eigenvalue weighted by Crippen LogP contribution is 2.44. The van der Waals surface area contributed by atoms with Crippen molar-refractivity contribution in [2.75, 3.05) is 4.90 Å². The molecule has 6 nitrogen and oxygen atoms in total. The molecule has 2 aromatic carbocycles. The van der Waals surface area contributed by atoms with E-state index in [2.05, 4.69) is 0 Å². The molecule has 0 saturated heterocycles. The second kappa shape index (κ2) is 5.30. The van der Waals surface area contributed by atoms with Gasteiger partial charge in [-0.2, -0.15) is 0 Å². The monoisotopic (exact) mass is 330 g/mol. The normalized spacial score (nSPS) is 15.7. The summed E-state index contributed by atoms with van der Waals surface area (Å²) in [7, 11) is 0. The van der Waals surface area contributed by atoms with E-state index in [1.54, 1.807) is 20.8 Å². The van der Waals surface area contributed by atoms with Gasteiger partial charge < -0.3 is 4.74 Å². The van der Waals surface area contributed by atoms with Crippen molar-refractivity contribution in [2.45, 2.75) is 26.4 Å². The lowest BCUT2D eigenvalue weighted by molar-refractivity contribution is -0.385. The molecule has 0 saturated carbocycles. The van der Waals surface area contributed by atoms with Crippen molar-refractivity contribution in [1.29, 1.82) is 0 Å². The number of anilines is 2. The minimum Gasteiger partial charge on any atom is -0.476 e. The van der Waals surface area contributed by atoms with Crippen molar-refractivity contribution in [3.05, 3.63) is 57.9 Å². The van der Waals surface area contributed by atoms with E-state index in [-0.39, 0.29) is 17.3 Å². The summed E-state index contributed by atoms with van der Waals surface area (Å²) in [5, 5.41) is 11.2. The van der Waals surface area contributed by atoms with Gasteiger partial charge in [0.05, 0.1) is 16.7 Å². The second-order valence-electron chi connectivity index (χ2n) is 6.09. The van der Waals surface area contributed by atoms with E-state index in [9.17, 15) is 19.3 Å². The van der Waals surface area contributed by atoms with Gasteiger partial charge in [-0.3, -0.25) is 19.8 Å². The molecule has 0 aromatic heterocycles. The van der Waals surface area contributed by atoms with E-state index in [0.717, 1.165) is 0 Å². The third-order valence-electron chi connectivity index (χ3n) is 3.88. The van der Waals surface area contributed by atoms with E-state index in [1.165, 1.54) is 41.3 Å². The Labute approximate surface area is 137 Å². The standard InChI is InChI=1S/C17H15FN2O4/c1-10-8-14-15(9-13(10)20(22)23)24-17(2,3)16(21)19(14)12-6-4-11(18)5-7-12/h4-9H,1-3H3. The lowest BCUT2D eigenvalue weighted by atomic mass is 10.0. The van der Waals surface area contributed by atoms with Crippen LogP contribution < -0.4 is 9.64 Å². The van der Waals surface area contributed by atoms with E-state index in [0.29, 0.717) is 16.9 Å². The summed E-state index contributed by atoms with van der Waals surface area (Å²) in [5.74, 6) is -0.519. The number of fused-ring (bicyclic) bond motifs is 1. The third kappa shape index (κ3) is 2.47. The molecule has 24 heavy (non-hydrogen) atoms. The number of halogens is 1. The molecule has 124 valence electrons. The number of benzene rings is 2. The van der Waals surface area contributed by atoms with Crippen LogP contribution in [0.15, 0.2) is 36.4 Å². The van der Waals surface area contributed by atoms with Gasteiger partial charge >= 0.3 is 0 Å². The molecule has 0 aliphatic carbocycles. The highest BCUT2D eigenvalue weighted by Gasteiger charge is 2.42. The van der Waals surface area contributed by atoms with Gasteiger partial charge in [-0.1, -0.05) is 0 Å². The zero-order chi connectivity index (χ0) is 17.6. The number of aryl methyl sites for hydroxylation is 1. The van der Waals surface area contributed by atoms with Gasteiger partial charge in [-0.25, -0.2) is 4.39 Å². The van der Waals surface area contributed by atoms with Crippen molar-refractivity contribution < 1.29 is 18.8 Å². The molecular weight excluding hydrogens is 315 g/mol. The predicted octanol–water partition coefficient (Wildman–Crippen LogP) is 3.88. The highest BCUT2D eigenvalue weighted by atomic mass is 19.1. The molecule has 0 radical (unpaired) electrons. The first-order valence-electron chi connectivity index (χ1n) is 7.29. The fraction of sp³-hybridized carbons (Fsp3) is 0.235. The summed E-state index contributed by atoms with van der Waals surface area (Å²) in [4.78, 5) is 24.9.